The minimum Gasteiger partial charge on any atom is -0.455 e. The van der Waals surface area contributed by atoms with Gasteiger partial charge in [-0.1, -0.05) is 164 Å². The van der Waals surface area contributed by atoms with Gasteiger partial charge >= 0.3 is 0 Å². The van der Waals surface area contributed by atoms with Gasteiger partial charge in [-0.2, -0.15) is 0 Å². The molecular formula is C45H29N3O. The van der Waals surface area contributed by atoms with Crippen LogP contribution in [0.5, 0.6) is 0 Å². The van der Waals surface area contributed by atoms with Crippen LogP contribution in [-0.2, 0) is 0 Å². The molecule has 4 nitrogen and oxygen atoms in total. The molecule has 0 N–H and O–H groups in total. The number of furan rings is 1. The van der Waals surface area contributed by atoms with E-state index in [1.807, 2.05) is 24.3 Å². The van der Waals surface area contributed by atoms with E-state index in [1.165, 1.54) is 11.1 Å². The van der Waals surface area contributed by atoms with E-state index in [1.54, 1.807) is 0 Å². The number of para-hydroxylation sites is 1. The van der Waals surface area contributed by atoms with Crippen LogP contribution in [0.1, 0.15) is 0 Å². The average molecular weight is 628 g/mol. The van der Waals surface area contributed by atoms with Crippen LogP contribution in [0.4, 0.5) is 0 Å². The number of rotatable bonds is 6. The summed E-state index contributed by atoms with van der Waals surface area (Å²) in [6.45, 7) is 0. The van der Waals surface area contributed by atoms with Crippen molar-refractivity contribution in [2.75, 3.05) is 0 Å². The Bertz CT molecular complexity index is 2460. The van der Waals surface area contributed by atoms with Gasteiger partial charge in [-0.05, 0) is 39.9 Å². The minimum absolute atomic E-state index is 0.588. The lowest BCUT2D eigenvalue weighted by Gasteiger charge is -2.10. The number of nitrogens with zero attached hydrogens (tertiary/aromatic N) is 3. The van der Waals surface area contributed by atoms with Gasteiger partial charge in [0.05, 0.1) is 0 Å². The summed E-state index contributed by atoms with van der Waals surface area (Å²) in [6, 6.07) is 60.4. The van der Waals surface area contributed by atoms with Crippen molar-refractivity contribution in [1.29, 1.82) is 0 Å². The Morgan fingerprint density at radius 1 is 0.306 bits per heavy atom. The normalized spacial score (nSPS) is 11.3. The second-order valence-electron chi connectivity index (χ2n) is 12.1. The molecule has 0 amide bonds. The molecule has 7 aromatic carbocycles. The molecule has 0 bridgehead atoms. The molecule has 0 atom stereocenters. The molecule has 0 aliphatic rings. The molecule has 9 rings (SSSR count). The van der Waals surface area contributed by atoms with Gasteiger partial charge in [0.2, 0.25) is 0 Å². The Balaban J connectivity index is 1.16. The molecule has 4 heteroatoms. The summed E-state index contributed by atoms with van der Waals surface area (Å²) in [4.78, 5) is 15.1. The van der Waals surface area contributed by atoms with E-state index in [-0.39, 0.29) is 0 Å². The number of hydrogen-bond donors (Lipinski definition) is 0. The summed E-state index contributed by atoms with van der Waals surface area (Å²) in [6.07, 6.45) is 0. The summed E-state index contributed by atoms with van der Waals surface area (Å²) < 4.78 is 6.57. The fourth-order valence-corrected chi connectivity index (χ4v) is 6.43. The predicted molar refractivity (Wildman–Crippen MR) is 200 cm³/mol. The third-order valence-electron chi connectivity index (χ3n) is 8.98. The van der Waals surface area contributed by atoms with Crippen LogP contribution in [0.15, 0.2) is 180 Å². The molecule has 0 unspecified atom stereocenters. The quantitative estimate of drug-likeness (QED) is 0.184. The fourth-order valence-electron chi connectivity index (χ4n) is 6.43. The van der Waals surface area contributed by atoms with E-state index in [9.17, 15) is 0 Å². The van der Waals surface area contributed by atoms with Crippen LogP contribution in [0, 0.1) is 0 Å². The van der Waals surface area contributed by atoms with Crippen LogP contribution < -0.4 is 0 Å². The van der Waals surface area contributed by atoms with Gasteiger partial charge in [-0.15, -0.1) is 0 Å². The standard InChI is InChI=1S/C45H29N3O/c1-4-11-30(12-5-1)32-19-23-35(24-20-32)43-46-44(36-25-21-33(22-26-36)31-13-6-2-7-14-31)48-45(47-43)37-27-28-39-40-18-10-17-38(34-15-8-3-9-16-34)42(40)49-41(39)29-37/h1-29H. The van der Waals surface area contributed by atoms with Crippen molar-refractivity contribution < 1.29 is 4.42 Å². The molecule has 2 heterocycles. The van der Waals surface area contributed by atoms with E-state index >= 15 is 0 Å². The highest BCUT2D eigenvalue weighted by Crippen LogP contribution is 2.37. The predicted octanol–water partition coefficient (Wildman–Crippen LogP) is 11.8. The second kappa shape index (κ2) is 12.2. The molecule has 0 fully saturated rings. The maximum absolute atomic E-state index is 6.57. The first-order valence-electron chi connectivity index (χ1n) is 16.4. The van der Waals surface area contributed by atoms with Crippen LogP contribution >= 0.6 is 0 Å². The zero-order valence-corrected chi connectivity index (χ0v) is 26.5. The van der Waals surface area contributed by atoms with Crippen molar-refractivity contribution in [1.82, 2.24) is 15.0 Å². The zero-order chi connectivity index (χ0) is 32.6. The van der Waals surface area contributed by atoms with Gasteiger partial charge in [-0.3, -0.25) is 0 Å². The van der Waals surface area contributed by atoms with E-state index in [0.29, 0.717) is 17.5 Å². The molecule has 230 valence electrons. The van der Waals surface area contributed by atoms with Gasteiger partial charge in [0.1, 0.15) is 11.2 Å². The highest BCUT2D eigenvalue weighted by Gasteiger charge is 2.16. The third kappa shape index (κ3) is 5.45. The highest BCUT2D eigenvalue weighted by atomic mass is 16.3. The van der Waals surface area contributed by atoms with Crippen molar-refractivity contribution in [3.8, 4) is 67.5 Å². The van der Waals surface area contributed by atoms with Gasteiger partial charge in [-0.25, -0.2) is 15.0 Å². The van der Waals surface area contributed by atoms with E-state index in [2.05, 4.69) is 152 Å². The smallest absolute Gasteiger partial charge is 0.164 e. The van der Waals surface area contributed by atoms with Crippen molar-refractivity contribution in [3.63, 3.8) is 0 Å². The van der Waals surface area contributed by atoms with E-state index < -0.39 is 0 Å². The first kappa shape index (κ1) is 28.6. The largest absolute Gasteiger partial charge is 0.455 e. The van der Waals surface area contributed by atoms with Gasteiger partial charge in [0, 0.05) is 33.0 Å². The van der Waals surface area contributed by atoms with Crippen molar-refractivity contribution in [3.05, 3.63) is 176 Å². The Hall–Kier alpha value is -6.65. The number of hydrogen-bond acceptors (Lipinski definition) is 4. The number of aromatic nitrogens is 3. The minimum atomic E-state index is 0.588. The van der Waals surface area contributed by atoms with Gasteiger partial charge in [0.15, 0.2) is 17.5 Å². The van der Waals surface area contributed by atoms with Crippen LogP contribution in [-0.4, -0.2) is 15.0 Å². The molecule has 0 saturated carbocycles. The molecule has 0 aliphatic heterocycles. The lowest BCUT2D eigenvalue weighted by Crippen LogP contribution is -2.00. The zero-order valence-electron chi connectivity index (χ0n) is 26.5. The van der Waals surface area contributed by atoms with Crippen LogP contribution in [0.2, 0.25) is 0 Å². The first-order valence-corrected chi connectivity index (χ1v) is 16.4. The Morgan fingerprint density at radius 3 is 1.27 bits per heavy atom. The Kier molecular flexibility index (Phi) is 7.10. The molecule has 2 aromatic heterocycles. The maximum Gasteiger partial charge on any atom is 0.164 e. The molecule has 0 aliphatic carbocycles. The van der Waals surface area contributed by atoms with Crippen molar-refractivity contribution >= 4 is 21.9 Å². The highest BCUT2D eigenvalue weighted by molar-refractivity contribution is 6.10. The topological polar surface area (TPSA) is 51.8 Å². The summed E-state index contributed by atoms with van der Waals surface area (Å²) in [7, 11) is 0. The summed E-state index contributed by atoms with van der Waals surface area (Å²) in [5.41, 5.74) is 11.2. The SMILES string of the molecule is c1ccc(-c2ccc(-c3nc(-c4ccc(-c5ccccc5)cc4)nc(-c4ccc5c(c4)oc4c(-c6ccccc6)cccc45)n3)cc2)cc1. The lowest BCUT2D eigenvalue weighted by atomic mass is 10.0. The summed E-state index contributed by atoms with van der Waals surface area (Å²) in [5, 5.41) is 2.14. The first-order chi connectivity index (χ1) is 24.3. The number of benzene rings is 7. The Morgan fingerprint density at radius 2 is 0.735 bits per heavy atom. The summed E-state index contributed by atoms with van der Waals surface area (Å²) in [5.74, 6) is 1.82. The molecule has 9 aromatic rings. The van der Waals surface area contributed by atoms with Gasteiger partial charge in [0.25, 0.3) is 0 Å². The fraction of sp³-hybridized carbons (Fsp3) is 0. The van der Waals surface area contributed by atoms with Crippen LogP contribution in [0.25, 0.3) is 89.5 Å². The molecule has 49 heavy (non-hydrogen) atoms. The van der Waals surface area contributed by atoms with E-state index in [4.69, 9.17) is 19.4 Å². The molecule has 0 radical (unpaired) electrons. The second-order valence-corrected chi connectivity index (χ2v) is 12.1. The third-order valence-corrected chi connectivity index (χ3v) is 8.98. The number of fused-ring (bicyclic) bond motifs is 3. The molecule has 0 saturated heterocycles. The summed E-state index contributed by atoms with van der Waals surface area (Å²) >= 11 is 0. The maximum atomic E-state index is 6.57. The molecule has 0 spiro atoms. The van der Waals surface area contributed by atoms with Gasteiger partial charge < -0.3 is 4.42 Å². The van der Waals surface area contributed by atoms with Crippen LogP contribution in [0.3, 0.4) is 0 Å². The van der Waals surface area contributed by atoms with Crippen molar-refractivity contribution in [2.24, 2.45) is 0 Å². The van der Waals surface area contributed by atoms with E-state index in [0.717, 1.165) is 60.9 Å². The average Bonchev–Trinajstić information content (AvgIpc) is 3.57. The molecular weight excluding hydrogens is 599 g/mol. The van der Waals surface area contributed by atoms with Crippen molar-refractivity contribution in [2.45, 2.75) is 0 Å². The monoisotopic (exact) mass is 627 g/mol. The lowest BCUT2D eigenvalue weighted by molar-refractivity contribution is 0.670. The Labute approximate surface area is 284 Å².